The van der Waals surface area contributed by atoms with E-state index in [-0.39, 0.29) is 0 Å². The molecule has 72 valence electrons. The Morgan fingerprint density at radius 3 is 3.00 bits per heavy atom. The van der Waals surface area contributed by atoms with Gasteiger partial charge in [0.05, 0.1) is 5.03 Å². The summed E-state index contributed by atoms with van der Waals surface area (Å²) in [5, 5.41) is 1.03. The van der Waals surface area contributed by atoms with E-state index in [0.29, 0.717) is 11.8 Å². The van der Waals surface area contributed by atoms with E-state index >= 15 is 0 Å². The Bertz CT molecular complexity index is 268. The minimum absolute atomic E-state index is 0.530. The lowest BCUT2D eigenvalue weighted by Gasteiger charge is -2.05. The molecule has 0 aliphatic heterocycles. The third-order valence-electron chi connectivity index (χ3n) is 1.53. The number of hydrogen-bond donors (Lipinski definition) is 0. The first-order valence-corrected chi connectivity index (χ1v) is 5.73. The molecule has 0 aliphatic rings. The van der Waals surface area contributed by atoms with Crippen molar-refractivity contribution in [1.82, 2.24) is 9.97 Å². The minimum atomic E-state index is 0.530. The number of halogens is 1. The average molecular weight is 217 g/mol. The second kappa shape index (κ2) is 5.45. The zero-order chi connectivity index (χ0) is 9.68. The number of rotatable bonds is 4. The van der Waals surface area contributed by atoms with Crippen molar-refractivity contribution in [3.05, 3.63) is 18.1 Å². The van der Waals surface area contributed by atoms with E-state index in [1.165, 1.54) is 0 Å². The van der Waals surface area contributed by atoms with Crippen molar-refractivity contribution in [2.24, 2.45) is 5.92 Å². The first-order chi connectivity index (χ1) is 6.22. The van der Waals surface area contributed by atoms with E-state index in [4.69, 9.17) is 11.6 Å². The largest absolute Gasteiger partial charge is 0.242 e. The van der Waals surface area contributed by atoms with Crippen molar-refractivity contribution in [3.63, 3.8) is 0 Å². The predicted molar refractivity (Wildman–Crippen MR) is 57.4 cm³/mol. The Morgan fingerprint density at radius 1 is 1.62 bits per heavy atom. The van der Waals surface area contributed by atoms with Crippen molar-refractivity contribution < 1.29 is 0 Å². The molecule has 0 amide bonds. The van der Waals surface area contributed by atoms with Gasteiger partial charge in [0, 0.05) is 17.8 Å². The molecule has 2 nitrogen and oxygen atoms in total. The van der Waals surface area contributed by atoms with Crippen molar-refractivity contribution in [3.8, 4) is 0 Å². The maximum Gasteiger partial charge on any atom is 0.126 e. The molecule has 0 saturated carbocycles. The molecular weight excluding hydrogens is 204 g/mol. The van der Waals surface area contributed by atoms with Gasteiger partial charge in [-0.3, -0.25) is 0 Å². The maximum absolute atomic E-state index is 5.70. The summed E-state index contributed by atoms with van der Waals surface area (Å²) in [6.07, 6.45) is 1.79. The molecule has 1 aromatic rings. The molecule has 0 fully saturated rings. The van der Waals surface area contributed by atoms with E-state index in [1.807, 2.05) is 13.0 Å². The summed E-state index contributed by atoms with van der Waals surface area (Å²) in [5.41, 5.74) is 0. The van der Waals surface area contributed by atoms with Crippen molar-refractivity contribution >= 4 is 23.4 Å². The standard InChI is InChI=1S/C9H13ClN2S/c1-7(5-10)6-13-9-3-4-11-8(2)12-9/h3-4,7H,5-6H2,1-2H3. The summed E-state index contributed by atoms with van der Waals surface area (Å²) in [6, 6.07) is 1.93. The van der Waals surface area contributed by atoms with Crippen LogP contribution in [0.2, 0.25) is 0 Å². The number of thioether (sulfide) groups is 1. The van der Waals surface area contributed by atoms with E-state index in [2.05, 4.69) is 16.9 Å². The summed E-state index contributed by atoms with van der Waals surface area (Å²) < 4.78 is 0. The van der Waals surface area contributed by atoms with Gasteiger partial charge in [0.2, 0.25) is 0 Å². The molecular formula is C9H13ClN2S. The lowest BCUT2D eigenvalue weighted by molar-refractivity contribution is 0.757. The van der Waals surface area contributed by atoms with Gasteiger partial charge in [-0.15, -0.1) is 23.4 Å². The van der Waals surface area contributed by atoms with Crippen LogP contribution in [0.1, 0.15) is 12.7 Å². The molecule has 0 bridgehead atoms. The second-order valence-electron chi connectivity index (χ2n) is 3.01. The molecule has 1 aromatic heterocycles. The number of alkyl halides is 1. The van der Waals surface area contributed by atoms with Gasteiger partial charge >= 0.3 is 0 Å². The summed E-state index contributed by atoms with van der Waals surface area (Å²) >= 11 is 7.44. The highest BCUT2D eigenvalue weighted by atomic mass is 35.5. The fourth-order valence-electron chi connectivity index (χ4n) is 0.787. The highest BCUT2D eigenvalue weighted by Crippen LogP contribution is 2.18. The Kier molecular flexibility index (Phi) is 4.53. The third kappa shape index (κ3) is 3.96. The monoisotopic (exact) mass is 216 g/mol. The quantitative estimate of drug-likeness (QED) is 0.440. The Hall–Kier alpha value is -0.280. The number of hydrogen-bond acceptors (Lipinski definition) is 3. The van der Waals surface area contributed by atoms with Gasteiger partial charge in [0.25, 0.3) is 0 Å². The molecule has 1 atom stereocenters. The molecule has 1 heterocycles. The van der Waals surface area contributed by atoms with Gasteiger partial charge < -0.3 is 0 Å². The highest BCUT2D eigenvalue weighted by Gasteiger charge is 2.02. The van der Waals surface area contributed by atoms with Crippen LogP contribution in [-0.4, -0.2) is 21.6 Å². The van der Waals surface area contributed by atoms with Crippen molar-refractivity contribution in [2.45, 2.75) is 18.9 Å². The van der Waals surface area contributed by atoms with Crippen LogP contribution < -0.4 is 0 Å². The maximum atomic E-state index is 5.70. The molecule has 0 radical (unpaired) electrons. The number of aromatic nitrogens is 2. The van der Waals surface area contributed by atoms with E-state index in [9.17, 15) is 0 Å². The van der Waals surface area contributed by atoms with Gasteiger partial charge in [-0.1, -0.05) is 6.92 Å². The van der Waals surface area contributed by atoms with Crippen molar-refractivity contribution in [2.75, 3.05) is 11.6 Å². The topological polar surface area (TPSA) is 25.8 Å². The zero-order valence-corrected chi connectivity index (χ0v) is 9.40. The fraction of sp³-hybridized carbons (Fsp3) is 0.556. The SMILES string of the molecule is Cc1nccc(SCC(C)CCl)n1. The van der Waals surface area contributed by atoms with Crippen LogP contribution in [0.25, 0.3) is 0 Å². The summed E-state index contributed by atoms with van der Waals surface area (Å²) in [7, 11) is 0. The lowest BCUT2D eigenvalue weighted by atomic mass is 10.3. The first-order valence-electron chi connectivity index (χ1n) is 4.20. The fourth-order valence-corrected chi connectivity index (χ4v) is 1.95. The Morgan fingerprint density at radius 2 is 2.38 bits per heavy atom. The van der Waals surface area contributed by atoms with Crippen LogP contribution in [0.3, 0.4) is 0 Å². The molecule has 0 aliphatic carbocycles. The zero-order valence-electron chi connectivity index (χ0n) is 7.83. The van der Waals surface area contributed by atoms with Crippen LogP contribution in [0.15, 0.2) is 17.3 Å². The Balaban J connectivity index is 2.45. The summed E-state index contributed by atoms with van der Waals surface area (Å²) in [4.78, 5) is 8.32. The van der Waals surface area contributed by atoms with E-state index in [1.54, 1.807) is 18.0 Å². The molecule has 1 unspecified atom stereocenters. The molecule has 0 aromatic carbocycles. The third-order valence-corrected chi connectivity index (χ3v) is 3.32. The molecule has 1 rings (SSSR count). The molecule has 13 heavy (non-hydrogen) atoms. The Labute approximate surface area is 88.1 Å². The van der Waals surface area contributed by atoms with Gasteiger partial charge in [-0.05, 0) is 18.9 Å². The highest BCUT2D eigenvalue weighted by molar-refractivity contribution is 7.99. The minimum Gasteiger partial charge on any atom is -0.242 e. The normalized spacial score (nSPS) is 12.8. The van der Waals surface area contributed by atoms with Gasteiger partial charge in [0.1, 0.15) is 5.82 Å². The smallest absolute Gasteiger partial charge is 0.126 e. The van der Waals surface area contributed by atoms with Crippen LogP contribution in [0, 0.1) is 12.8 Å². The van der Waals surface area contributed by atoms with E-state index in [0.717, 1.165) is 16.6 Å². The van der Waals surface area contributed by atoms with Crippen LogP contribution in [0.5, 0.6) is 0 Å². The summed E-state index contributed by atoms with van der Waals surface area (Å²) in [5.74, 6) is 3.07. The van der Waals surface area contributed by atoms with Crippen LogP contribution in [-0.2, 0) is 0 Å². The van der Waals surface area contributed by atoms with Crippen molar-refractivity contribution in [1.29, 1.82) is 0 Å². The number of aryl methyl sites for hydroxylation is 1. The molecule has 0 saturated heterocycles. The first kappa shape index (κ1) is 10.8. The van der Waals surface area contributed by atoms with Crippen LogP contribution in [0.4, 0.5) is 0 Å². The predicted octanol–water partition coefficient (Wildman–Crippen LogP) is 2.75. The van der Waals surface area contributed by atoms with Crippen LogP contribution >= 0.6 is 23.4 Å². The second-order valence-corrected chi connectivity index (χ2v) is 4.36. The van der Waals surface area contributed by atoms with Gasteiger partial charge in [-0.25, -0.2) is 9.97 Å². The van der Waals surface area contributed by atoms with Gasteiger partial charge in [-0.2, -0.15) is 0 Å². The van der Waals surface area contributed by atoms with Gasteiger partial charge in [0.15, 0.2) is 0 Å². The van der Waals surface area contributed by atoms with E-state index < -0.39 is 0 Å². The number of nitrogens with zero attached hydrogens (tertiary/aromatic N) is 2. The average Bonchev–Trinajstić information content (AvgIpc) is 2.14. The lowest BCUT2D eigenvalue weighted by Crippen LogP contribution is -1.99. The summed E-state index contributed by atoms with van der Waals surface area (Å²) in [6.45, 7) is 4.03. The molecule has 4 heteroatoms. The molecule has 0 spiro atoms. The molecule has 0 N–H and O–H groups in total.